The second-order valence-electron chi connectivity index (χ2n) is 13.1. The maximum Gasteiger partial charge on any atom is 0.346 e. The zero-order chi connectivity index (χ0) is 26.6. The summed E-state index contributed by atoms with van der Waals surface area (Å²) in [6.45, 7) is 4.35. The zero-order valence-corrected chi connectivity index (χ0v) is 24.1. The summed E-state index contributed by atoms with van der Waals surface area (Å²) in [7, 11) is 0. The van der Waals surface area contributed by atoms with E-state index < -0.39 is 0 Å². The van der Waals surface area contributed by atoms with Crippen LogP contribution in [-0.4, -0.2) is 18.1 Å². The molecule has 204 valence electrons. The lowest BCUT2D eigenvalue weighted by molar-refractivity contribution is 0.167. The van der Waals surface area contributed by atoms with Gasteiger partial charge in [-0.25, -0.2) is 4.79 Å². The highest BCUT2D eigenvalue weighted by Crippen LogP contribution is 2.53. The van der Waals surface area contributed by atoms with Crippen LogP contribution in [-0.2, 0) is 12.8 Å². The Hall–Kier alpha value is -2.66. The van der Waals surface area contributed by atoms with Gasteiger partial charge in [0.25, 0.3) is 0 Å². The number of hydrogen-bond acceptors (Lipinski definition) is 4. The monoisotopic (exact) mass is 540 g/mol. The number of fused-ring (bicyclic) bond motifs is 2. The number of para-hydroxylation sites is 1. The van der Waals surface area contributed by atoms with E-state index in [1.165, 1.54) is 94.0 Å². The highest BCUT2D eigenvalue weighted by atomic mass is 32.1. The van der Waals surface area contributed by atoms with Crippen LogP contribution >= 0.6 is 12.2 Å². The van der Waals surface area contributed by atoms with E-state index in [1.54, 1.807) is 0 Å². The number of nitrogens with zero attached hydrogens (tertiary/aromatic N) is 1. The molecule has 0 bridgehead atoms. The molecule has 1 N–H and O–H groups in total. The summed E-state index contributed by atoms with van der Waals surface area (Å²) in [5.41, 5.74) is 7.83. The average Bonchev–Trinajstić information content (AvgIpc) is 3.08. The number of rotatable bonds is 2. The summed E-state index contributed by atoms with van der Waals surface area (Å²) in [4.78, 5) is 16.6. The SMILES string of the molecule is Cc1ccccc1NC(=S)c1cc2cc3c4c(c2oc1=O)CC1(CCCCC1)CCN4CC1(CCCCC1)C3. The van der Waals surface area contributed by atoms with Gasteiger partial charge in [0.05, 0.1) is 5.56 Å². The summed E-state index contributed by atoms with van der Waals surface area (Å²) in [5, 5.41) is 4.34. The maximum absolute atomic E-state index is 13.5. The molecule has 0 radical (unpaired) electrons. The van der Waals surface area contributed by atoms with Crippen LogP contribution in [0.25, 0.3) is 11.0 Å². The molecule has 2 aliphatic heterocycles. The average molecular weight is 541 g/mol. The minimum absolute atomic E-state index is 0.330. The molecule has 2 spiro atoms. The van der Waals surface area contributed by atoms with Gasteiger partial charge in [-0.3, -0.25) is 0 Å². The van der Waals surface area contributed by atoms with Gasteiger partial charge in [0.1, 0.15) is 10.6 Å². The predicted octanol–water partition coefficient (Wildman–Crippen LogP) is 8.10. The van der Waals surface area contributed by atoms with Crippen molar-refractivity contribution < 1.29 is 4.42 Å². The number of anilines is 2. The number of thiocarbonyl (C=S) groups is 1. The fourth-order valence-electron chi connectivity index (χ4n) is 8.48. The Morgan fingerprint density at radius 3 is 2.38 bits per heavy atom. The smallest absolute Gasteiger partial charge is 0.346 e. The van der Waals surface area contributed by atoms with Crippen LogP contribution in [0.1, 0.15) is 92.9 Å². The number of hydrogen-bond donors (Lipinski definition) is 1. The number of nitrogens with one attached hydrogen (secondary N) is 1. The number of aryl methyl sites for hydroxylation is 1. The van der Waals surface area contributed by atoms with Crippen molar-refractivity contribution in [1.82, 2.24) is 0 Å². The largest absolute Gasteiger partial charge is 0.422 e. The van der Waals surface area contributed by atoms with E-state index in [0.717, 1.165) is 41.6 Å². The van der Waals surface area contributed by atoms with Gasteiger partial charge in [0, 0.05) is 35.4 Å². The quantitative estimate of drug-likeness (QED) is 0.263. The molecule has 0 unspecified atom stereocenters. The van der Waals surface area contributed by atoms with Crippen LogP contribution in [0.3, 0.4) is 0 Å². The maximum atomic E-state index is 13.5. The highest BCUT2D eigenvalue weighted by Gasteiger charge is 2.44. The summed E-state index contributed by atoms with van der Waals surface area (Å²) in [6.07, 6.45) is 16.8. The van der Waals surface area contributed by atoms with Crippen molar-refractivity contribution in [2.75, 3.05) is 23.3 Å². The Kier molecular flexibility index (Phi) is 6.34. The molecular formula is C34H40N2O2S. The summed E-state index contributed by atoms with van der Waals surface area (Å²) >= 11 is 5.76. The molecule has 7 rings (SSSR count). The molecule has 39 heavy (non-hydrogen) atoms. The molecule has 3 heterocycles. The van der Waals surface area contributed by atoms with Crippen molar-refractivity contribution >= 4 is 39.6 Å². The minimum atomic E-state index is -0.335. The van der Waals surface area contributed by atoms with Gasteiger partial charge in [0.15, 0.2) is 0 Å². The van der Waals surface area contributed by atoms with Crippen molar-refractivity contribution in [2.45, 2.75) is 90.4 Å². The van der Waals surface area contributed by atoms with E-state index in [2.05, 4.69) is 16.3 Å². The lowest BCUT2D eigenvalue weighted by Gasteiger charge is -2.47. The molecule has 0 atom stereocenters. The number of benzene rings is 2. The van der Waals surface area contributed by atoms with E-state index in [-0.39, 0.29) is 5.63 Å². The molecule has 2 saturated carbocycles. The van der Waals surface area contributed by atoms with Crippen LogP contribution in [0, 0.1) is 17.8 Å². The zero-order valence-electron chi connectivity index (χ0n) is 23.2. The molecule has 4 aliphatic rings. The fraction of sp³-hybridized carbons (Fsp3) is 0.529. The third-order valence-electron chi connectivity index (χ3n) is 10.5. The molecule has 0 saturated heterocycles. The van der Waals surface area contributed by atoms with E-state index >= 15 is 0 Å². The lowest BCUT2D eigenvalue weighted by Crippen LogP contribution is -2.45. The van der Waals surface area contributed by atoms with Gasteiger partial charge in [-0.2, -0.15) is 0 Å². The molecular weight excluding hydrogens is 500 g/mol. The molecule has 2 aliphatic carbocycles. The first-order chi connectivity index (χ1) is 18.9. The fourth-order valence-corrected chi connectivity index (χ4v) is 8.73. The summed E-state index contributed by atoms with van der Waals surface area (Å²) < 4.78 is 6.27. The summed E-state index contributed by atoms with van der Waals surface area (Å²) in [5.74, 6) is 0. The van der Waals surface area contributed by atoms with Crippen LogP contribution in [0.15, 0.2) is 45.6 Å². The molecule has 0 amide bonds. The predicted molar refractivity (Wildman–Crippen MR) is 164 cm³/mol. The van der Waals surface area contributed by atoms with Gasteiger partial charge in [-0.1, -0.05) is 68.9 Å². The molecule has 2 fully saturated rings. The first kappa shape index (κ1) is 25.3. The van der Waals surface area contributed by atoms with Gasteiger partial charge >= 0.3 is 5.63 Å². The first-order valence-corrected chi connectivity index (χ1v) is 15.6. The van der Waals surface area contributed by atoms with Crippen molar-refractivity contribution in [3.63, 3.8) is 0 Å². The molecule has 1 aromatic heterocycles. The molecule has 2 aromatic carbocycles. The normalized spacial score (nSPS) is 21.5. The summed E-state index contributed by atoms with van der Waals surface area (Å²) in [6, 6.07) is 12.4. The van der Waals surface area contributed by atoms with Crippen molar-refractivity contribution in [3.8, 4) is 0 Å². The third kappa shape index (κ3) is 4.51. The van der Waals surface area contributed by atoms with E-state index in [9.17, 15) is 4.79 Å². The van der Waals surface area contributed by atoms with Crippen molar-refractivity contribution in [3.05, 3.63) is 69.1 Å². The van der Waals surface area contributed by atoms with Crippen molar-refractivity contribution in [1.29, 1.82) is 0 Å². The third-order valence-corrected chi connectivity index (χ3v) is 10.8. The van der Waals surface area contributed by atoms with Crippen molar-refractivity contribution in [2.24, 2.45) is 10.8 Å². The topological polar surface area (TPSA) is 45.5 Å². The second kappa shape index (κ2) is 9.76. The van der Waals surface area contributed by atoms with Crippen LogP contribution in [0.5, 0.6) is 0 Å². The Bertz CT molecular complexity index is 1490. The van der Waals surface area contributed by atoms with E-state index in [1.807, 2.05) is 37.3 Å². The first-order valence-electron chi connectivity index (χ1n) is 15.2. The standard InChI is InChI=1S/C34H40N2O2S/c1-23-10-4-5-11-28(23)35-31(39)26-19-24-18-25-20-34(14-8-3-9-15-34)22-36-17-16-33(12-6-2-7-13-33)21-27(29(25)36)30(24)38-32(26)37/h4-5,10-11,18-19H,2-3,6-9,12-17,20-22H2,1H3,(H,35,39). The Morgan fingerprint density at radius 2 is 1.64 bits per heavy atom. The van der Waals surface area contributed by atoms with Gasteiger partial charge in [0.2, 0.25) is 0 Å². The lowest BCUT2D eigenvalue weighted by atomic mass is 9.67. The second-order valence-corrected chi connectivity index (χ2v) is 13.6. The van der Waals surface area contributed by atoms with E-state index in [0.29, 0.717) is 21.4 Å². The van der Waals surface area contributed by atoms with Gasteiger partial charge in [-0.15, -0.1) is 0 Å². The molecule has 3 aromatic rings. The van der Waals surface area contributed by atoms with Crippen LogP contribution < -0.4 is 15.8 Å². The Labute approximate surface area is 237 Å². The molecule has 5 heteroatoms. The van der Waals surface area contributed by atoms with Crippen LogP contribution in [0.4, 0.5) is 11.4 Å². The van der Waals surface area contributed by atoms with Gasteiger partial charge in [-0.05, 0) is 92.0 Å². The Balaban J connectivity index is 1.36. The minimum Gasteiger partial charge on any atom is -0.422 e. The van der Waals surface area contributed by atoms with Crippen LogP contribution in [0.2, 0.25) is 0 Å². The highest BCUT2D eigenvalue weighted by molar-refractivity contribution is 7.81. The molecule has 4 nitrogen and oxygen atoms in total. The van der Waals surface area contributed by atoms with Gasteiger partial charge < -0.3 is 14.6 Å². The van der Waals surface area contributed by atoms with E-state index in [4.69, 9.17) is 16.6 Å². The Morgan fingerprint density at radius 1 is 0.923 bits per heavy atom.